The van der Waals surface area contributed by atoms with Crippen molar-refractivity contribution in [2.75, 3.05) is 13.1 Å². The van der Waals surface area contributed by atoms with Crippen LogP contribution in [0.2, 0.25) is 5.02 Å². The summed E-state index contributed by atoms with van der Waals surface area (Å²) in [4.78, 5) is 33.0. The molecule has 1 aromatic heterocycles. The second kappa shape index (κ2) is 9.60. The van der Waals surface area contributed by atoms with Gasteiger partial charge in [0.25, 0.3) is 11.5 Å². The molecule has 5 rings (SSSR count). The third kappa shape index (κ3) is 4.58. The molecular formula is C26H21ClFN3O2S. The molecule has 1 aliphatic heterocycles. The lowest BCUT2D eigenvalue weighted by Gasteiger charge is -2.16. The van der Waals surface area contributed by atoms with Crippen LogP contribution in [-0.2, 0) is 5.75 Å². The first-order chi connectivity index (χ1) is 16.5. The molecule has 0 radical (unpaired) electrons. The van der Waals surface area contributed by atoms with E-state index < -0.39 is 5.82 Å². The van der Waals surface area contributed by atoms with Crippen molar-refractivity contribution in [1.82, 2.24) is 14.5 Å². The molecule has 172 valence electrons. The Labute approximate surface area is 205 Å². The minimum absolute atomic E-state index is 0.0522. The smallest absolute Gasteiger partial charge is 0.266 e. The van der Waals surface area contributed by atoms with Gasteiger partial charge in [-0.25, -0.2) is 9.37 Å². The molecule has 0 atom stereocenters. The summed E-state index contributed by atoms with van der Waals surface area (Å²) < 4.78 is 15.4. The predicted molar refractivity (Wildman–Crippen MR) is 133 cm³/mol. The summed E-state index contributed by atoms with van der Waals surface area (Å²) in [7, 11) is 0. The van der Waals surface area contributed by atoms with E-state index in [9.17, 15) is 14.0 Å². The van der Waals surface area contributed by atoms with Gasteiger partial charge in [-0.1, -0.05) is 41.6 Å². The van der Waals surface area contributed by atoms with Gasteiger partial charge in [0.1, 0.15) is 5.82 Å². The van der Waals surface area contributed by atoms with Gasteiger partial charge in [-0.2, -0.15) is 0 Å². The van der Waals surface area contributed by atoms with Crippen LogP contribution < -0.4 is 5.56 Å². The number of carbonyl (C=O) groups excluding carboxylic acids is 1. The van der Waals surface area contributed by atoms with Gasteiger partial charge < -0.3 is 4.90 Å². The molecule has 0 bridgehead atoms. The zero-order valence-electron chi connectivity index (χ0n) is 18.2. The largest absolute Gasteiger partial charge is 0.339 e. The van der Waals surface area contributed by atoms with Crippen LogP contribution in [0, 0.1) is 5.82 Å². The Morgan fingerprint density at radius 1 is 1.03 bits per heavy atom. The molecule has 0 N–H and O–H groups in total. The summed E-state index contributed by atoms with van der Waals surface area (Å²) in [6.07, 6.45) is 2.00. The van der Waals surface area contributed by atoms with Crippen molar-refractivity contribution in [3.63, 3.8) is 0 Å². The SMILES string of the molecule is O=C(c1ccc2c(=O)n(-c3cccc(F)c3)c(SCc3cccc(Cl)c3)nc2c1)N1CCCC1. The standard InChI is InChI=1S/C26H21ClFN3O2S/c27-19-6-3-5-17(13-19)16-34-26-29-23-14-18(24(32)30-11-1-2-12-30)9-10-22(23)25(33)31(26)21-8-4-7-20(28)15-21/h3-10,13-15H,1-2,11-12,16H2. The van der Waals surface area contributed by atoms with E-state index in [0.29, 0.717) is 38.1 Å². The Bertz CT molecular complexity index is 1450. The Morgan fingerprint density at radius 2 is 1.82 bits per heavy atom. The number of hydrogen-bond acceptors (Lipinski definition) is 4. The van der Waals surface area contributed by atoms with Crippen LogP contribution in [0.5, 0.6) is 0 Å². The van der Waals surface area contributed by atoms with E-state index in [-0.39, 0.29) is 11.5 Å². The fraction of sp³-hybridized carbons (Fsp3) is 0.192. The van der Waals surface area contributed by atoms with E-state index in [1.807, 2.05) is 23.1 Å². The highest BCUT2D eigenvalue weighted by Crippen LogP contribution is 2.26. The second-order valence-electron chi connectivity index (χ2n) is 8.16. The minimum atomic E-state index is -0.443. The molecular weight excluding hydrogens is 473 g/mol. The molecule has 4 aromatic rings. The lowest BCUT2D eigenvalue weighted by atomic mass is 10.1. The maximum absolute atomic E-state index is 14.0. The summed E-state index contributed by atoms with van der Waals surface area (Å²) in [6.45, 7) is 1.48. The number of likely N-dealkylation sites (tertiary alicyclic amines) is 1. The Kier molecular flexibility index (Phi) is 6.39. The highest BCUT2D eigenvalue weighted by atomic mass is 35.5. The number of halogens is 2. The predicted octanol–water partition coefficient (Wildman–Crippen LogP) is 5.71. The van der Waals surface area contributed by atoms with Crippen LogP contribution in [0.15, 0.2) is 76.7 Å². The first kappa shape index (κ1) is 22.6. The number of hydrogen-bond donors (Lipinski definition) is 0. The van der Waals surface area contributed by atoms with Crippen LogP contribution >= 0.6 is 23.4 Å². The average Bonchev–Trinajstić information content (AvgIpc) is 3.37. The average molecular weight is 494 g/mol. The number of benzene rings is 3. The number of thioether (sulfide) groups is 1. The molecule has 1 saturated heterocycles. The summed E-state index contributed by atoms with van der Waals surface area (Å²) in [5.74, 6) is 0.0192. The summed E-state index contributed by atoms with van der Waals surface area (Å²) in [5, 5.41) is 1.40. The van der Waals surface area contributed by atoms with E-state index in [2.05, 4.69) is 0 Å². The highest BCUT2D eigenvalue weighted by Gasteiger charge is 2.21. The van der Waals surface area contributed by atoms with Gasteiger partial charge in [-0.15, -0.1) is 0 Å². The van der Waals surface area contributed by atoms with Crippen molar-refractivity contribution in [3.8, 4) is 5.69 Å². The van der Waals surface area contributed by atoms with Crippen LogP contribution in [0.25, 0.3) is 16.6 Å². The van der Waals surface area contributed by atoms with E-state index in [1.165, 1.54) is 28.5 Å². The third-order valence-electron chi connectivity index (χ3n) is 5.80. The number of fused-ring (bicyclic) bond motifs is 1. The van der Waals surface area contributed by atoms with Crippen LogP contribution in [0.1, 0.15) is 28.8 Å². The molecule has 0 spiro atoms. The molecule has 1 aliphatic rings. The molecule has 3 aromatic carbocycles. The number of aromatic nitrogens is 2. The second-order valence-corrected chi connectivity index (χ2v) is 9.54. The molecule has 8 heteroatoms. The van der Waals surface area contributed by atoms with Crippen LogP contribution in [-0.4, -0.2) is 33.4 Å². The van der Waals surface area contributed by atoms with Gasteiger partial charge in [-0.3, -0.25) is 14.2 Å². The topological polar surface area (TPSA) is 55.2 Å². The lowest BCUT2D eigenvalue weighted by Crippen LogP contribution is -2.28. The summed E-state index contributed by atoms with van der Waals surface area (Å²) in [5.41, 5.74) is 2.00. The van der Waals surface area contributed by atoms with Crippen molar-refractivity contribution < 1.29 is 9.18 Å². The molecule has 2 heterocycles. The lowest BCUT2D eigenvalue weighted by molar-refractivity contribution is 0.0793. The van der Waals surface area contributed by atoms with Gasteiger partial charge in [0.2, 0.25) is 0 Å². The van der Waals surface area contributed by atoms with Gasteiger partial charge >= 0.3 is 0 Å². The molecule has 34 heavy (non-hydrogen) atoms. The first-order valence-electron chi connectivity index (χ1n) is 11.0. The molecule has 5 nitrogen and oxygen atoms in total. The summed E-state index contributed by atoms with van der Waals surface area (Å²) >= 11 is 7.47. The van der Waals surface area contributed by atoms with Crippen LogP contribution in [0.3, 0.4) is 0 Å². The molecule has 1 amide bonds. The minimum Gasteiger partial charge on any atom is -0.339 e. The monoisotopic (exact) mass is 493 g/mol. The van der Waals surface area contributed by atoms with E-state index in [1.54, 1.807) is 36.4 Å². The number of carbonyl (C=O) groups is 1. The Morgan fingerprint density at radius 3 is 2.59 bits per heavy atom. The maximum Gasteiger partial charge on any atom is 0.266 e. The Hall–Kier alpha value is -3.16. The quantitative estimate of drug-likeness (QED) is 0.264. The molecule has 0 unspecified atom stereocenters. The van der Waals surface area contributed by atoms with E-state index in [0.717, 1.165) is 31.5 Å². The zero-order chi connectivity index (χ0) is 23.7. The van der Waals surface area contributed by atoms with Gasteiger partial charge in [0, 0.05) is 29.4 Å². The normalized spacial score (nSPS) is 13.5. The number of nitrogens with zero attached hydrogens (tertiary/aromatic N) is 3. The van der Waals surface area contributed by atoms with Gasteiger partial charge in [0.15, 0.2) is 5.16 Å². The first-order valence-corrected chi connectivity index (χ1v) is 12.4. The van der Waals surface area contributed by atoms with E-state index in [4.69, 9.17) is 16.6 Å². The molecule has 0 aliphatic carbocycles. The van der Waals surface area contributed by atoms with Crippen molar-refractivity contribution in [2.24, 2.45) is 0 Å². The van der Waals surface area contributed by atoms with Crippen molar-refractivity contribution in [1.29, 1.82) is 0 Å². The summed E-state index contributed by atoms with van der Waals surface area (Å²) in [6, 6.07) is 18.3. The van der Waals surface area contributed by atoms with Crippen molar-refractivity contribution in [2.45, 2.75) is 23.8 Å². The Balaban J connectivity index is 1.61. The highest BCUT2D eigenvalue weighted by molar-refractivity contribution is 7.98. The third-order valence-corrected chi connectivity index (χ3v) is 7.05. The van der Waals surface area contributed by atoms with Crippen molar-refractivity contribution >= 4 is 40.2 Å². The van der Waals surface area contributed by atoms with Crippen molar-refractivity contribution in [3.05, 3.63) is 99.1 Å². The van der Waals surface area contributed by atoms with Gasteiger partial charge in [0.05, 0.1) is 16.6 Å². The fourth-order valence-corrected chi connectivity index (χ4v) is 5.28. The fourth-order valence-electron chi connectivity index (χ4n) is 4.12. The number of amides is 1. The maximum atomic E-state index is 14.0. The van der Waals surface area contributed by atoms with E-state index >= 15 is 0 Å². The number of rotatable bonds is 5. The van der Waals surface area contributed by atoms with Gasteiger partial charge in [-0.05, 0) is 66.9 Å². The molecule has 1 fully saturated rings. The zero-order valence-corrected chi connectivity index (χ0v) is 19.8. The van der Waals surface area contributed by atoms with Crippen LogP contribution in [0.4, 0.5) is 4.39 Å². The molecule has 0 saturated carbocycles.